The zero-order valence-corrected chi connectivity index (χ0v) is 11.8. The lowest BCUT2D eigenvalue weighted by atomic mass is 10.2. The van der Waals surface area contributed by atoms with Crippen molar-refractivity contribution in [2.75, 3.05) is 0 Å². The molecule has 3 rings (SSSR count). The van der Waals surface area contributed by atoms with E-state index in [0.717, 1.165) is 22.3 Å². The van der Waals surface area contributed by atoms with Crippen LogP contribution in [0.15, 0.2) is 72.9 Å². The van der Waals surface area contributed by atoms with Crippen LogP contribution in [0.2, 0.25) is 0 Å². The number of hydrogen-bond acceptors (Lipinski definition) is 3. The van der Waals surface area contributed by atoms with Crippen LogP contribution in [-0.4, -0.2) is 9.97 Å². The second-order valence-corrected chi connectivity index (χ2v) is 4.25. The molecule has 3 heteroatoms. The van der Waals surface area contributed by atoms with Crippen molar-refractivity contribution in [3.05, 3.63) is 72.9 Å². The van der Waals surface area contributed by atoms with Gasteiger partial charge in [-0.1, -0.05) is 54.6 Å². The summed E-state index contributed by atoms with van der Waals surface area (Å²) in [6.07, 6.45) is 4.99. The highest BCUT2D eigenvalue weighted by Gasteiger charge is 2.01. The normalized spacial score (nSPS) is 9.90. The third-order valence-corrected chi connectivity index (χ3v) is 2.76. The Labute approximate surface area is 124 Å². The Kier molecular flexibility index (Phi) is 5.19. The fraction of sp³-hybridized carbons (Fsp3) is 0.0556. The average Bonchev–Trinajstić information content (AvgIpc) is 2.56. The highest BCUT2D eigenvalue weighted by Crippen LogP contribution is 2.17. The molecule has 0 aliphatic rings. The molecule has 0 saturated heterocycles. The number of nitrogens with zero attached hydrogens (tertiary/aromatic N) is 3. The average molecular weight is 273 g/mol. The van der Waals surface area contributed by atoms with Crippen molar-refractivity contribution in [1.29, 1.82) is 5.26 Å². The van der Waals surface area contributed by atoms with E-state index < -0.39 is 0 Å². The first-order valence-corrected chi connectivity index (χ1v) is 6.63. The van der Waals surface area contributed by atoms with E-state index in [9.17, 15) is 0 Å². The molecule has 3 nitrogen and oxygen atoms in total. The molecule has 0 aliphatic heterocycles. The Bertz CT molecular complexity index is 771. The van der Waals surface area contributed by atoms with Crippen LogP contribution >= 0.6 is 0 Å². The first-order valence-electron chi connectivity index (χ1n) is 6.63. The van der Waals surface area contributed by atoms with Crippen LogP contribution in [0.1, 0.15) is 6.92 Å². The summed E-state index contributed by atoms with van der Waals surface area (Å²) < 4.78 is 0. The molecule has 0 spiro atoms. The molecule has 0 amide bonds. The fourth-order valence-electron chi connectivity index (χ4n) is 1.77. The summed E-state index contributed by atoms with van der Waals surface area (Å²) in [5.74, 6) is 0.777. The largest absolute Gasteiger partial charge is 0.236 e. The van der Waals surface area contributed by atoms with Crippen molar-refractivity contribution in [2.45, 2.75) is 6.92 Å². The number of rotatable bonds is 1. The van der Waals surface area contributed by atoms with E-state index in [1.165, 1.54) is 6.08 Å². The lowest BCUT2D eigenvalue weighted by Gasteiger charge is -2.01. The van der Waals surface area contributed by atoms with Gasteiger partial charge in [-0.2, -0.15) is 5.26 Å². The van der Waals surface area contributed by atoms with Crippen molar-refractivity contribution in [3.8, 4) is 17.5 Å². The lowest BCUT2D eigenvalue weighted by molar-refractivity contribution is 1.23. The highest BCUT2D eigenvalue weighted by atomic mass is 14.9. The predicted molar refractivity (Wildman–Crippen MR) is 85.4 cm³/mol. The molecule has 0 bridgehead atoms. The van der Waals surface area contributed by atoms with Gasteiger partial charge in [0.1, 0.15) is 0 Å². The summed E-state index contributed by atoms with van der Waals surface area (Å²) in [5, 5.41) is 8.80. The molecule has 0 radical (unpaired) electrons. The summed E-state index contributed by atoms with van der Waals surface area (Å²) in [7, 11) is 0. The summed E-state index contributed by atoms with van der Waals surface area (Å²) in [6.45, 7) is 1.81. The van der Waals surface area contributed by atoms with Gasteiger partial charge in [-0.25, -0.2) is 9.97 Å². The smallest absolute Gasteiger partial charge is 0.159 e. The number of hydrogen-bond donors (Lipinski definition) is 0. The zero-order chi connectivity index (χ0) is 14.9. The first-order chi connectivity index (χ1) is 10.3. The number of fused-ring (bicyclic) bond motifs is 1. The van der Waals surface area contributed by atoms with Gasteiger partial charge in [-0.15, -0.1) is 0 Å². The van der Waals surface area contributed by atoms with Crippen LogP contribution in [0.5, 0.6) is 0 Å². The Balaban J connectivity index is 0.000000282. The van der Waals surface area contributed by atoms with E-state index in [4.69, 9.17) is 5.26 Å². The third-order valence-electron chi connectivity index (χ3n) is 2.76. The SMILES string of the molecule is C/C=C\C#N.c1ccc(-c2ncc3ccccc3n2)cc1. The highest BCUT2D eigenvalue weighted by molar-refractivity contribution is 5.79. The Hall–Kier alpha value is -2.99. The third kappa shape index (κ3) is 3.99. The molecule has 102 valence electrons. The predicted octanol–water partition coefficient (Wildman–Crippen LogP) is 4.38. The molecular formula is C18H15N3. The monoisotopic (exact) mass is 273 g/mol. The van der Waals surface area contributed by atoms with Gasteiger partial charge < -0.3 is 0 Å². The van der Waals surface area contributed by atoms with E-state index in [0.29, 0.717) is 0 Å². The van der Waals surface area contributed by atoms with Gasteiger partial charge in [0.2, 0.25) is 0 Å². The van der Waals surface area contributed by atoms with Gasteiger partial charge in [-0.05, 0) is 13.0 Å². The number of benzene rings is 2. The second-order valence-electron chi connectivity index (χ2n) is 4.25. The van der Waals surface area contributed by atoms with Crippen LogP contribution in [0, 0.1) is 11.3 Å². The maximum atomic E-state index is 7.73. The minimum Gasteiger partial charge on any atom is -0.236 e. The van der Waals surface area contributed by atoms with E-state index in [1.54, 1.807) is 6.08 Å². The van der Waals surface area contributed by atoms with Crippen LogP contribution in [0.3, 0.4) is 0 Å². The molecule has 0 fully saturated rings. The number of allylic oxidation sites excluding steroid dienone is 2. The molecular weight excluding hydrogens is 258 g/mol. The number of aromatic nitrogens is 2. The minimum atomic E-state index is 0.777. The standard InChI is InChI=1S/C14H10N2.C4H5N/c1-2-6-11(7-3-1)14-15-10-12-8-4-5-9-13(12)16-14;1-2-3-4-5/h1-10H;2-3H,1H3/b;3-2-. The second kappa shape index (κ2) is 7.56. The maximum Gasteiger partial charge on any atom is 0.159 e. The minimum absolute atomic E-state index is 0.777. The molecule has 2 aromatic carbocycles. The van der Waals surface area contributed by atoms with Crippen LogP contribution in [-0.2, 0) is 0 Å². The molecule has 0 unspecified atom stereocenters. The first kappa shape index (κ1) is 14.4. The summed E-state index contributed by atoms with van der Waals surface area (Å²) >= 11 is 0. The maximum absolute atomic E-state index is 7.73. The zero-order valence-electron chi connectivity index (χ0n) is 11.8. The molecule has 1 aromatic heterocycles. The molecule has 0 N–H and O–H groups in total. The Morgan fingerprint density at radius 2 is 1.71 bits per heavy atom. The van der Waals surface area contributed by atoms with Crippen molar-refractivity contribution in [1.82, 2.24) is 9.97 Å². The topological polar surface area (TPSA) is 49.6 Å². The van der Waals surface area contributed by atoms with Crippen LogP contribution < -0.4 is 0 Å². The Morgan fingerprint density at radius 3 is 2.38 bits per heavy atom. The van der Waals surface area contributed by atoms with E-state index in [1.807, 2.05) is 73.8 Å². The van der Waals surface area contributed by atoms with Gasteiger partial charge in [0.25, 0.3) is 0 Å². The molecule has 0 saturated carbocycles. The van der Waals surface area contributed by atoms with Crippen LogP contribution in [0.25, 0.3) is 22.3 Å². The van der Waals surface area contributed by atoms with E-state index in [-0.39, 0.29) is 0 Å². The fourth-order valence-corrected chi connectivity index (χ4v) is 1.77. The molecule has 21 heavy (non-hydrogen) atoms. The van der Waals surface area contributed by atoms with Gasteiger partial charge >= 0.3 is 0 Å². The van der Waals surface area contributed by atoms with Gasteiger partial charge in [0, 0.05) is 23.2 Å². The molecule has 0 atom stereocenters. The van der Waals surface area contributed by atoms with Crippen molar-refractivity contribution in [3.63, 3.8) is 0 Å². The lowest BCUT2D eigenvalue weighted by Crippen LogP contribution is -1.88. The number of para-hydroxylation sites is 1. The van der Waals surface area contributed by atoms with Gasteiger partial charge in [0.05, 0.1) is 11.6 Å². The molecule has 3 aromatic rings. The summed E-state index contributed by atoms with van der Waals surface area (Å²) in [6, 6.07) is 19.9. The quantitative estimate of drug-likeness (QED) is 0.618. The van der Waals surface area contributed by atoms with Gasteiger partial charge in [-0.3, -0.25) is 0 Å². The van der Waals surface area contributed by atoms with E-state index in [2.05, 4.69) is 9.97 Å². The van der Waals surface area contributed by atoms with Crippen molar-refractivity contribution in [2.24, 2.45) is 0 Å². The Morgan fingerprint density at radius 1 is 1.00 bits per heavy atom. The van der Waals surface area contributed by atoms with E-state index >= 15 is 0 Å². The van der Waals surface area contributed by atoms with Crippen molar-refractivity contribution < 1.29 is 0 Å². The summed E-state index contributed by atoms with van der Waals surface area (Å²) in [4.78, 5) is 8.90. The van der Waals surface area contributed by atoms with Gasteiger partial charge in [0.15, 0.2) is 5.82 Å². The molecule has 1 heterocycles. The van der Waals surface area contributed by atoms with Crippen molar-refractivity contribution >= 4 is 10.9 Å². The number of nitriles is 1. The molecule has 0 aliphatic carbocycles. The summed E-state index contributed by atoms with van der Waals surface area (Å²) in [5.41, 5.74) is 2.03. The van der Waals surface area contributed by atoms with Crippen LogP contribution in [0.4, 0.5) is 0 Å².